The summed E-state index contributed by atoms with van der Waals surface area (Å²) in [6.45, 7) is -0.419. The maximum atomic E-state index is 11.7. The molecule has 0 saturated carbocycles. The van der Waals surface area contributed by atoms with Crippen molar-refractivity contribution in [1.29, 1.82) is 0 Å². The van der Waals surface area contributed by atoms with Crippen LogP contribution in [0.5, 0.6) is 0 Å². The first-order chi connectivity index (χ1) is 6.99. The Morgan fingerprint density at radius 3 is 2.73 bits per heavy atom. The lowest BCUT2D eigenvalue weighted by Gasteiger charge is -2.07. The summed E-state index contributed by atoms with van der Waals surface area (Å²) in [5.41, 5.74) is 0.250. The fourth-order valence-corrected chi connectivity index (χ4v) is 0.917. The van der Waals surface area contributed by atoms with Gasteiger partial charge >= 0.3 is 6.18 Å². The lowest BCUT2D eigenvalue weighted by atomic mass is 10.2. The molecule has 1 amide bonds. The van der Waals surface area contributed by atoms with Gasteiger partial charge in [0.25, 0.3) is 5.91 Å². The number of hydrogen-bond donors (Lipinski definition) is 1. The van der Waals surface area contributed by atoms with Crippen LogP contribution in [0.2, 0.25) is 0 Å². The minimum Gasteiger partial charge on any atom is -0.352 e. The molecule has 15 heavy (non-hydrogen) atoms. The van der Waals surface area contributed by atoms with Crippen molar-refractivity contribution in [3.05, 3.63) is 30.1 Å². The van der Waals surface area contributed by atoms with Gasteiger partial charge in [-0.2, -0.15) is 13.2 Å². The van der Waals surface area contributed by atoms with Gasteiger partial charge in [-0.15, -0.1) is 0 Å². The molecule has 82 valence electrons. The molecule has 1 aromatic rings. The van der Waals surface area contributed by atoms with E-state index < -0.39 is 25.0 Å². The van der Waals surface area contributed by atoms with Crippen molar-refractivity contribution in [2.45, 2.75) is 12.6 Å². The molecule has 1 N–H and O–H groups in total. The molecule has 1 aromatic heterocycles. The summed E-state index contributed by atoms with van der Waals surface area (Å²) in [5.74, 6) is -0.549. The summed E-state index contributed by atoms with van der Waals surface area (Å²) < 4.78 is 35.2. The number of aromatic nitrogens is 1. The SMILES string of the molecule is O=C(NCCC(F)(F)F)c1cccnc1. The van der Waals surface area contributed by atoms with E-state index in [9.17, 15) is 18.0 Å². The van der Waals surface area contributed by atoms with Crippen molar-refractivity contribution < 1.29 is 18.0 Å². The maximum Gasteiger partial charge on any atom is 0.390 e. The number of alkyl halides is 3. The molecule has 3 nitrogen and oxygen atoms in total. The number of carbonyl (C=O) groups excluding carboxylic acids is 1. The first-order valence-electron chi connectivity index (χ1n) is 4.24. The van der Waals surface area contributed by atoms with E-state index in [1.54, 1.807) is 6.07 Å². The van der Waals surface area contributed by atoms with E-state index in [1.165, 1.54) is 18.5 Å². The third kappa shape index (κ3) is 4.44. The van der Waals surface area contributed by atoms with Crippen LogP contribution in [-0.2, 0) is 0 Å². The van der Waals surface area contributed by atoms with Crippen molar-refractivity contribution in [1.82, 2.24) is 10.3 Å². The van der Waals surface area contributed by atoms with E-state index >= 15 is 0 Å². The van der Waals surface area contributed by atoms with Crippen LogP contribution >= 0.6 is 0 Å². The summed E-state index contributed by atoms with van der Waals surface area (Å²) >= 11 is 0. The molecule has 0 fully saturated rings. The predicted octanol–water partition coefficient (Wildman–Crippen LogP) is 1.76. The lowest BCUT2D eigenvalue weighted by molar-refractivity contribution is -0.132. The number of hydrogen-bond acceptors (Lipinski definition) is 2. The Morgan fingerprint density at radius 1 is 1.47 bits per heavy atom. The van der Waals surface area contributed by atoms with Gasteiger partial charge in [0.1, 0.15) is 0 Å². The highest BCUT2D eigenvalue weighted by atomic mass is 19.4. The van der Waals surface area contributed by atoms with Gasteiger partial charge in [0.2, 0.25) is 0 Å². The number of nitrogens with zero attached hydrogens (tertiary/aromatic N) is 1. The molecule has 0 radical (unpaired) electrons. The standard InChI is InChI=1S/C9H9F3N2O/c10-9(11,12)3-5-14-8(15)7-2-1-4-13-6-7/h1-2,4,6H,3,5H2,(H,14,15). The van der Waals surface area contributed by atoms with E-state index in [4.69, 9.17) is 0 Å². The summed E-state index contributed by atoms with van der Waals surface area (Å²) in [4.78, 5) is 14.9. The van der Waals surface area contributed by atoms with E-state index in [0.29, 0.717) is 0 Å². The van der Waals surface area contributed by atoms with Crippen molar-refractivity contribution in [3.8, 4) is 0 Å². The quantitative estimate of drug-likeness (QED) is 0.839. The second kappa shape index (κ2) is 4.77. The average molecular weight is 218 g/mol. The minimum atomic E-state index is -4.25. The van der Waals surface area contributed by atoms with E-state index in [2.05, 4.69) is 10.3 Å². The monoisotopic (exact) mass is 218 g/mol. The summed E-state index contributed by atoms with van der Waals surface area (Å²) in [5, 5.41) is 2.16. The number of amides is 1. The predicted molar refractivity (Wildman–Crippen MR) is 47.2 cm³/mol. The maximum absolute atomic E-state index is 11.7. The van der Waals surface area contributed by atoms with Gasteiger partial charge < -0.3 is 5.32 Å². The van der Waals surface area contributed by atoms with Crippen molar-refractivity contribution in [3.63, 3.8) is 0 Å². The first-order valence-corrected chi connectivity index (χ1v) is 4.24. The Kier molecular flexibility index (Phi) is 3.65. The Bertz CT molecular complexity index is 324. The third-order valence-electron chi connectivity index (χ3n) is 1.62. The van der Waals surface area contributed by atoms with Crippen LogP contribution in [0.4, 0.5) is 13.2 Å². The molecule has 1 rings (SSSR count). The van der Waals surface area contributed by atoms with E-state index in [1.807, 2.05) is 0 Å². The van der Waals surface area contributed by atoms with Crippen LogP contribution in [-0.4, -0.2) is 23.6 Å². The molecule has 0 spiro atoms. The Balaban J connectivity index is 2.38. The van der Waals surface area contributed by atoms with Gasteiger partial charge in [-0.25, -0.2) is 0 Å². The van der Waals surface area contributed by atoms with E-state index in [0.717, 1.165) is 0 Å². The van der Waals surface area contributed by atoms with Crippen molar-refractivity contribution in [2.24, 2.45) is 0 Å². The van der Waals surface area contributed by atoms with Crippen molar-refractivity contribution in [2.75, 3.05) is 6.54 Å². The summed E-state index contributed by atoms with van der Waals surface area (Å²) in [6, 6.07) is 3.02. The molecular weight excluding hydrogens is 209 g/mol. The number of rotatable bonds is 3. The number of nitrogens with one attached hydrogen (secondary N) is 1. The van der Waals surface area contributed by atoms with Crippen LogP contribution in [0.15, 0.2) is 24.5 Å². The summed E-state index contributed by atoms with van der Waals surface area (Å²) in [7, 11) is 0. The minimum absolute atomic E-state index is 0.250. The molecule has 6 heteroatoms. The Morgan fingerprint density at radius 2 is 2.20 bits per heavy atom. The Labute approximate surface area is 84.3 Å². The van der Waals surface area contributed by atoms with Crippen LogP contribution in [0.25, 0.3) is 0 Å². The second-order valence-electron chi connectivity index (χ2n) is 2.86. The van der Waals surface area contributed by atoms with Gasteiger partial charge in [0.15, 0.2) is 0 Å². The second-order valence-corrected chi connectivity index (χ2v) is 2.86. The Hall–Kier alpha value is -1.59. The van der Waals surface area contributed by atoms with E-state index in [-0.39, 0.29) is 5.56 Å². The zero-order chi connectivity index (χ0) is 11.3. The van der Waals surface area contributed by atoms with Gasteiger partial charge in [-0.3, -0.25) is 9.78 Å². The average Bonchev–Trinajstić information content (AvgIpc) is 2.17. The summed E-state index contributed by atoms with van der Waals surface area (Å²) in [6.07, 6.45) is -2.50. The number of pyridine rings is 1. The molecule has 0 unspecified atom stereocenters. The molecule has 0 bridgehead atoms. The number of carbonyl (C=O) groups is 1. The normalized spacial score (nSPS) is 11.1. The third-order valence-corrected chi connectivity index (χ3v) is 1.62. The molecular formula is C9H9F3N2O. The zero-order valence-electron chi connectivity index (χ0n) is 7.71. The largest absolute Gasteiger partial charge is 0.390 e. The van der Waals surface area contributed by atoms with Gasteiger partial charge in [0, 0.05) is 18.9 Å². The topological polar surface area (TPSA) is 42.0 Å². The molecule has 0 atom stereocenters. The van der Waals surface area contributed by atoms with Gasteiger partial charge in [0.05, 0.1) is 12.0 Å². The van der Waals surface area contributed by atoms with Crippen LogP contribution in [0, 0.1) is 0 Å². The molecule has 0 aliphatic heterocycles. The van der Waals surface area contributed by atoms with Crippen LogP contribution in [0.1, 0.15) is 16.8 Å². The van der Waals surface area contributed by atoms with Crippen LogP contribution in [0.3, 0.4) is 0 Å². The highest BCUT2D eigenvalue weighted by Crippen LogP contribution is 2.18. The first kappa shape index (κ1) is 11.5. The fourth-order valence-electron chi connectivity index (χ4n) is 0.917. The fraction of sp³-hybridized carbons (Fsp3) is 0.333. The van der Waals surface area contributed by atoms with Gasteiger partial charge in [-0.1, -0.05) is 0 Å². The molecule has 0 saturated heterocycles. The van der Waals surface area contributed by atoms with Gasteiger partial charge in [-0.05, 0) is 12.1 Å². The zero-order valence-corrected chi connectivity index (χ0v) is 7.71. The van der Waals surface area contributed by atoms with Crippen molar-refractivity contribution >= 4 is 5.91 Å². The smallest absolute Gasteiger partial charge is 0.352 e. The highest BCUT2D eigenvalue weighted by Gasteiger charge is 2.26. The molecule has 1 heterocycles. The van der Waals surface area contributed by atoms with Crippen LogP contribution < -0.4 is 5.32 Å². The lowest BCUT2D eigenvalue weighted by Crippen LogP contribution is -2.27. The molecule has 0 aromatic carbocycles. The highest BCUT2D eigenvalue weighted by molar-refractivity contribution is 5.93. The molecule has 0 aliphatic carbocycles. The number of halogens is 3. The molecule has 0 aliphatic rings.